The highest BCUT2D eigenvalue weighted by atomic mass is 35.5. The molecule has 0 bridgehead atoms. The van der Waals surface area contributed by atoms with Crippen LogP contribution in [0.15, 0.2) is 0 Å². The smallest absolute Gasteiger partial charge is 0.233 e. The molecule has 2 amide bonds. The van der Waals surface area contributed by atoms with Crippen molar-refractivity contribution < 1.29 is 9.59 Å². The highest BCUT2D eigenvalue weighted by molar-refractivity contribution is 6.05. The Morgan fingerprint density at radius 2 is 1.71 bits per heavy atom. The van der Waals surface area contributed by atoms with Crippen molar-refractivity contribution in [2.75, 3.05) is 0 Å². The van der Waals surface area contributed by atoms with Gasteiger partial charge >= 0.3 is 0 Å². The van der Waals surface area contributed by atoms with E-state index in [0.717, 1.165) is 12.8 Å². The van der Waals surface area contributed by atoms with Crippen molar-refractivity contribution in [2.45, 2.75) is 65.2 Å². The van der Waals surface area contributed by atoms with Crippen LogP contribution in [0.3, 0.4) is 0 Å². The van der Waals surface area contributed by atoms with Crippen LogP contribution in [0.5, 0.6) is 0 Å². The van der Waals surface area contributed by atoms with Gasteiger partial charge in [0.1, 0.15) is 0 Å². The first-order chi connectivity index (χ1) is 7.58. The van der Waals surface area contributed by atoms with Crippen LogP contribution in [0.1, 0.15) is 65.2 Å². The molecule has 1 aliphatic rings. The van der Waals surface area contributed by atoms with Gasteiger partial charge in [-0.05, 0) is 6.42 Å². The van der Waals surface area contributed by atoms with Gasteiger partial charge in [0.25, 0.3) is 0 Å². The molecule has 1 N–H and O–H groups in total. The number of carbonyl (C=O) groups excluding carboxylic acids is 2. The topological polar surface area (TPSA) is 46.2 Å². The minimum atomic E-state index is -0.429. The molecule has 0 aromatic heterocycles. The maximum Gasteiger partial charge on any atom is 0.233 e. The predicted octanol–water partition coefficient (Wildman–Crippen LogP) is 3.21. The molecule has 4 heteroatoms. The van der Waals surface area contributed by atoms with E-state index < -0.39 is 5.41 Å². The van der Waals surface area contributed by atoms with Gasteiger partial charge in [0, 0.05) is 6.42 Å². The Labute approximate surface area is 110 Å². The lowest BCUT2D eigenvalue weighted by Gasteiger charge is -2.18. The van der Waals surface area contributed by atoms with E-state index in [-0.39, 0.29) is 24.2 Å². The highest BCUT2D eigenvalue weighted by Crippen LogP contribution is 2.32. The van der Waals surface area contributed by atoms with Crippen LogP contribution in [0.25, 0.3) is 0 Å². The van der Waals surface area contributed by atoms with E-state index in [0.29, 0.717) is 6.42 Å². The van der Waals surface area contributed by atoms with E-state index in [1.54, 1.807) is 0 Å². The minimum absolute atomic E-state index is 0. The van der Waals surface area contributed by atoms with Crippen molar-refractivity contribution in [3.63, 3.8) is 0 Å². The molecule has 0 aliphatic carbocycles. The second kappa shape index (κ2) is 7.70. The fourth-order valence-electron chi connectivity index (χ4n) is 2.25. The number of rotatable bonds is 7. The van der Waals surface area contributed by atoms with Crippen LogP contribution in [-0.2, 0) is 9.59 Å². The van der Waals surface area contributed by atoms with Gasteiger partial charge in [-0.25, -0.2) is 0 Å². The number of carbonyl (C=O) groups is 2. The average Bonchev–Trinajstić information content (AvgIpc) is 2.47. The van der Waals surface area contributed by atoms with Crippen molar-refractivity contribution in [1.82, 2.24) is 5.32 Å². The summed E-state index contributed by atoms with van der Waals surface area (Å²) in [5, 5.41) is 2.39. The van der Waals surface area contributed by atoms with Crippen LogP contribution in [-0.4, -0.2) is 11.8 Å². The molecular weight excluding hydrogens is 238 g/mol. The first kappa shape index (κ1) is 16.4. The van der Waals surface area contributed by atoms with Crippen molar-refractivity contribution in [3.05, 3.63) is 0 Å². The van der Waals surface area contributed by atoms with E-state index in [1.165, 1.54) is 32.1 Å². The van der Waals surface area contributed by atoms with E-state index in [1.807, 2.05) is 6.92 Å². The molecule has 0 spiro atoms. The van der Waals surface area contributed by atoms with Gasteiger partial charge in [-0.2, -0.15) is 0 Å². The second-order valence-corrected chi connectivity index (χ2v) is 5.13. The Balaban J connectivity index is 0.00000256. The first-order valence-corrected chi connectivity index (χ1v) is 6.43. The maximum atomic E-state index is 11.5. The number of nitrogens with one attached hydrogen (secondary N) is 1. The number of hydrogen-bond donors (Lipinski definition) is 1. The Morgan fingerprint density at radius 3 is 2.24 bits per heavy atom. The van der Waals surface area contributed by atoms with Gasteiger partial charge in [0.05, 0.1) is 5.41 Å². The third kappa shape index (κ3) is 5.07. The SMILES string of the molecule is CCCCCCCCC1(C)CC(=O)NC1=O.Cl. The van der Waals surface area contributed by atoms with Crippen LogP contribution < -0.4 is 5.32 Å². The number of amides is 2. The third-order valence-electron chi connectivity index (χ3n) is 3.43. The van der Waals surface area contributed by atoms with Crippen LogP contribution in [0, 0.1) is 5.41 Å². The molecule has 1 unspecified atom stereocenters. The molecule has 1 aliphatic heterocycles. The zero-order valence-electron chi connectivity index (χ0n) is 10.9. The molecule has 1 saturated heterocycles. The molecule has 1 fully saturated rings. The van der Waals surface area contributed by atoms with Crippen LogP contribution >= 0.6 is 12.4 Å². The monoisotopic (exact) mass is 261 g/mol. The summed E-state index contributed by atoms with van der Waals surface area (Å²) in [5.74, 6) is -0.190. The summed E-state index contributed by atoms with van der Waals surface area (Å²) in [5.41, 5.74) is -0.429. The first-order valence-electron chi connectivity index (χ1n) is 6.43. The fourth-order valence-corrected chi connectivity index (χ4v) is 2.25. The van der Waals surface area contributed by atoms with Crippen molar-refractivity contribution in [1.29, 1.82) is 0 Å². The summed E-state index contributed by atoms with van der Waals surface area (Å²) in [6.45, 7) is 4.11. The summed E-state index contributed by atoms with van der Waals surface area (Å²) in [4.78, 5) is 22.7. The molecule has 17 heavy (non-hydrogen) atoms. The lowest BCUT2D eigenvalue weighted by atomic mass is 9.83. The number of hydrogen-bond acceptors (Lipinski definition) is 2. The van der Waals surface area contributed by atoms with Crippen molar-refractivity contribution >= 4 is 24.2 Å². The second-order valence-electron chi connectivity index (χ2n) is 5.13. The van der Waals surface area contributed by atoms with Crippen molar-refractivity contribution in [3.8, 4) is 0 Å². The Morgan fingerprint density at radius 1 is 1.12 bits per heavy atom. The molecular formula is C13H24ClNO2. The molecule has 0 saturated carbocycles. The van der Waals surface area contributed by atoms with Gasteiger partial charge in [-0.15, -0.1) is 12.4 Å². The highest BCUT2D eigenvalue weighted by Gasteiger charge is 2.41. The zero-order chi connectivity index (χ0) is 12.0. The molecule has 1 heterocycles. The molecule has 0 aromatic carbocycles. The number of imide groups is 1. The van der Waals surface area contributed by atoms with Gasteiger partial charge in [0.2, 0.25) is 11.8 Å². The molecule has 1 atom stereocenters. The maximum absolute atomic E-state index is 11.5. The largest absolute Gasteiger partial charge is 0.296 e. The lowest BCUT2D eigenvalue weighted by Crippen LogP contribution is -2.28. The lowest BCUT2D eigenvalue weighted by molar-refractivity contribution is -0.128. The molecule has 100 valence electrons. The Kier molecular flexibility index (Phi) is 7.44. The van der Waals surface area contributed by atoms with Gasteiger partial charge in [-0.1, -0.05) is 52.4 Å². The molecule has 3 nitrogen and oxygen atoms in total. The summed E-state index contributed by atoms with van der Waals surface area (Å²) < 4.78 is 0. The van der Waals surface area contributed by atoms with Gasteiger partial charge in [-0.3, -0.25) is 14.9 Å². The van der Waals surface area contributed by atoms with E-state index >= 15 is 0 Å². The fraction of sp³-hybridized carbons (Fsp3) is 0.846. The summed E-state index contributed by atoms with van der Waals surface area (Å²) >= 11 is 0. The summed E-state index contributed by atoms with van der Waals surface area (Å²) in [6, 6.07) is 0. The zero-order valence-corrected chi connectivity index (χ0v) is 11.7. The minimum Gasteiger partial charge on any atom is -0.296 e. The average molecular weight is 262 g/mol. The standard InChI is InChI=1S/C13H23NO2.ClH/c1-3-4-5-6-7-8-9-13(2)10-11(15)14-12(13)16;/h3-10H2,1-2H3,(H,14,15,16);1H. The van der Waals surface area contributed by atoms with Crippen LogP contribution in [0.4, 0.5) is 0 Å². The van der Waals surface area contributed by atoms with E-state index in [2.05, 4.69) is 12.2 Å². The Hall–Kier alpha value is -0.570. The molecule has 0 aromatic rings. The van der Waals surface area contributed by atoms with Gasteiger partial charge in [0.15, 0.2) is 0 Å². The quantitative estimate of drug-likeness (QED) is 0.565. The third-order valence-corrected chi connectivity index (χ3v) is 3.43. The molecule has 0 radical (unpaired) electrons. The summed E-state index contributed by atoms with van der Waals surface area (Å²) in [7, 11) is 0. The van der Waals surface area contributed by atoms with Crippen molar-refractivity contribution in [2.24, 2.45) is 5.41 Å². The number of unbranched alkanes of at least 4 members (excludes halogenated alkanes) is 5. The van der Waals surface area contributed by atoms with Crippen LogP contribution in [0.2, 0.25) is 0 Å². The van der Waals surface area contributed by atoms with E-state index in [4.69, 9.17) is 0 Å². The summed E-state index contributed by atoms with van der Waals surface area (Å²) in [6.07, 6.45) is 8.55. The Bertz CT molecular complexity index is 268. The normalized spacial score (nSPS) is 23.4. The predicted molar refractivity (Wildman–Crippen MR) is 71.1 cm³/mol. The molecule has 1 rings (SSSR count). The number of halogens is 1. The van der Waals surface area contributed by atoms with Gasteiger partial charge < -0.3 is 0 Å². The van der Waals surface area contributed by atoms with E-state index in [9.17, 15) is 9.59 Å².